The van der Waals surface area contributed by atoms with Crippen molar-refractivity contribution in [1.29, 1.82) is 0 Å². The molecule has 1 aromatic carbocycles. The minimum Gasteiger partial charge on any atom is -0.342 e. The SMILES string of the molecule is O=C1NCCN1C1CCN(C(=O)C2(c3cccc(F)c3)CCC2)CC1. The van der Waals surface area contributed by atoms with E-state index < -0.39 is 5.41 Å². The van der Waals surface area contributed by atoms with Crippen LogP contribution in [0.4, 0.5) is 9.18 Å². The van der Waals surface area contributed by atoms with Crippen molar-refractivity contribution in [3.63, 3.8) is 0 Å². The van der Waals surface area contributed by atoms with Gasteiger partial charge in [0.05, 0.1) is 5.41 Å². The largest absolute Gasteiger partial charge is 0.342 e. The van der Waals surface area contributed by atoms with Crippen molar-refractivity contribution in [2.24, 2.45) is 0 Å². The first-order valence-electron chi connectivity index (χ1n) is 9.20. The van der Waals surface area contributed by atoms with Gasteiger partial charge in [-0.3, -0.25) is 4.79 Å². The number of halogens is 1. The first-order valence-corrected chi connectivity index (χ1v) is 9.20. The van der Waals surface area contributed by atoms with Crippen LogP contribution in [0.1, 0.15) is 37.7 Å². The molecule has 3 fully saturated rings. The second kappa shape index (κ2) is 6.32. The van der Waals surface area contributed by atoms with Gasteiger partial charge in [-0.25, -0.2) is 9.18 Å². The highest BCUT2D eigenvalue weighted by atomic mass is 19.1. The molecule has 0 bridgehead atoms. The van der Waals surface area contributed by atoms with Crippen molar-refractivity contribution in [2.75, 3.05) is 26.2 Å². The number of benzene rings is 1. The Morgan fingerprint density at radius 1 is 1.20 bits per heavy atom. The number of likely N-dealkylation sites (tertiary alicyclic amines) is 1. The summed E-state index contributed by atoms with van der Waals surface area (Å²) in [4.78, 5) is 28.9. The Bertz CT molecular complexity index is 681. The number of amides is 3. The summed E-state index contributed by atoms with van der Waals surface area (Å²) in [6, 6.07) is 6.74. The molecule has 0 aromatic heterocycles. The lowest BCUT2D eigenvalue weighted by molar-refractivity contribution is -0.142. The number of rotatable bonds is 3. The number of nitrogens with zero attached hydrogens (tertiary/aromatic N) is 2. The molecule has 1 aliphatic carbocycles. The van der Waals surface area contributed by atoms with Crippen LogP contribution in [0.25, 0.3) is 0 Å². The molecule has 1 N–H and O–H groups in total. The molecule has 2 aliphatic heterocycles. The maximum absolute atomic E-state index is 13.7. The number of hydrogen-bond donors (Lipinski definition) is 1. The molecule has 134 valence electrons. The maximum Gasteiger partial charge on any atom is 0.317 e. The van der Waals surface area contributed by atoms with Gasteiger partial charge in [-0.05, 0) is 43.4 Å². The second-order valence-corrected chi connectivity index (χ2v) is 7.39. The predicted molar refractivity (Wildman–Crippen MR) is 91.6 cm³/mol. The minimum atomic E-state index is -0.542. The van der Waals surface area contributed by atoms with Gasteiger partial charge in [-0.15, -0.1) is 0 Å². The quantitative estimate of drug-likeness (QED) is 0.914. The summed E-state index contributed by atoms with van der Waals surface area (Å²) in [5.74, 6) is -0.149. The Kier molecular flexibility index (Phi) is 4.13. The summed E-state index contributed by atoms with van der Waals surface area (Å²) in [7, 11) is 0. The van der Waals surface area contributed by atoms with E-state index in [0.29, 0.717) is 19.6 Å². The van der Waals surface area contributed by atoms with E-state index >= 15 is 0 Å². The van der Waals surface area contributed by atoms with Gasteiger partial charge < -0.3 is 15.1 Å². The smallest absolute Gasteiger partial charge is 0.317 e. The highest BCUT2D eigenvalue weighted by Crippen LogP contribution is 2.45. The van der Waals surface area contributed by atoms with E-state index in [2.05, 4.69) is 5.32 Å². The fraction of sp³-hybridized carbons (Fsp3) is 0.579. The molecule has 25 heavy (non-hydrogen) atoms. The van der Waals surface area contributed by atoms with Crippen LogP contribution in [0, 0.1) is 5.82 Å². The Morgan fingerprint density at radius 2 is 1.96 bits per heavy atom. The van der Waals surface area contributed by atoms with Crippen LogP contribution < -0.4 is 5.32 Å². The Morgan fingerprint density at radius 3 is 2.52 bits per heavy atom. The van der Waals surface area contributed by atoms with Crippen LogP contribution in [-0.2, 0) is 10.2 Å². The lowest BCUT2D eigenvalue weighted by Gasteiger charge is -2.46. The van der Waals surface area contributed by atoms with Crippen molar-refractivity contribution in [1.82, 2.24) is 15.1 Å². The summed E-state index contributed by atoms with van der Waals surface area (Å²) >= 11 is 0. The zero-order valence-corrected chi connectivity index (χ0v) is 14.3. The van der Waals surface area contributed by atoms with Crippen molar-refractivity contribution in [3.05, 3.63) is 35.6 Å². The fourth-order valence-corrected chi connectivity index (χ4v) is 4.46. The Balaban J connectivity index is 1.45. The molecule has 3 aliphatic rings. The third-order valence-corrected chi connectivity index (χ3v) is 6.08. The van der Waals surface area contributed by atoms with Crippen LogP contribution >= 0.6 is 0 Å². The zero-order chi connectivity index (χ0) is 17.4. The molecule has 2 heterocycles. The van der Waals surface area contributed by atoms with E-state index in [0.717, 1.165) is 44.2 Å². The third kappa shape index (κ3) is 2.77. The van der Waals surface area contributed by atoms with E-state index in [1.165, 1.54) is 12.1 Å². The molecule has 0 unspecified atom stereocenters. The molecule has 2 saturated heterocycles. The summed E-state index contributed by atoms with van der Waals surface area (Å²) < 4.78 is 13.7. The molecule has 6 heteroatoms. The number of nitrogens with one attached hydrogen (secondary N) is 1. The lowest BCUT2D eigenvalue weighted by Crippen LogP contribution is -2.55. The van der Waals surface area contributed by atoms with Gasteiger partial charge in [0.2, 0.25) is 5.91 Å². The standard InChI is InChI=1S/C19H24FN3O2/c20-15-4-1-3-14(13-15)19(7-2-8-19)17(24)22-10-5-16(6-11-22)23-12-9-21-18(23)25/h1,3-4,13,16H,2,5-12H2,(H,21,25). The number of carbonyl (C=O) groups excluding carboxylic acids is 2. The summed E-state index contributed by atoms with van der Waals surface area (Å²) in [5, 5.41) is 2.84. The molecule has 0 spiro atoms. The normalized spacial score (nSPS) is 23.3. The molecule has 1 saturated carbocycles. The first-order chi connectivity index (χ1) is 12.1. The van der Waals surface area contributed by atoms with Gasteiger partial charge in [0.1, 0.15) is 5.82 Å². The Labute approximate surface area is 147 Å². The maximum atomic E-state index is 13.7. The van der Waals surface area contributed by atoms with Crippen molar-refractivity contribution in [2.45, 2.75) is 43.6 Å². The van der Waals surface area contributed by atoms with Gasteiger partial charge in [0.15, 0.2) is 0 Å². The van der Waals surface area contributed by atoms with E-state index in [1.54, 1.807) is 6.07 Å². The average Bonchev–Trinajstić information content (AvgIpc) is 3.00. The summed E-state index contributed by atoms with van der Waals surface area (Å²) in [5.41, 5.74) is 0.268. The monoisotopic (exact) mass is 345 g/mol. The van der Waals surface area contributed by atoms with E-state index in [9.17, 15) is 14.0 Å². The lowest BCUT2D eigenvalue weighted by atomic mass is 9.63. The van der Waals surface area contributed by atoms with Gasteiger partial charge in [-0.1, -0.05) is 18.6 Å². The van der Waals surface area contributed by atoms with Crippen molar-refractivity contribution >= 4 is 11.9 Å². The molecule has 0 atom stereocenters. The predicted octanol–water partition coefficient (Wildman–Crippen LogP) is 2.26. The Hall–Kier alpha value is -2.11. The van der Waals surface area contributed by atoms with Crippen LogP contribution in [0.15, 0.2) is 24.3 Å². The van der Waals surface area contributed by atoms with Gasteiger partial charge >= 0.3 is 6.03 Å². The molecule has 0 radical (unpaired) electrons. The average molecular weight is 345 g/mol. The van der Waals surface area contributed by atoms with Crippen molar-refractivity contribution in [3.8, 4) is 0 Å². The molecule has 3 amide bonds. The molecular formula is C19H24FN3O2. The van der Waals surface area contributed by atoms with E-state index in [4.69, 9.17) is 0 Å². The van der Waals surface area contributed by atoms with Crippen LogP contribution in [0.2, 0.25) is 0 Å². The molecule has 5 nitrogen and oxygen atoms in total. The van der Waals surface area contributed by atoms with Crippen molar-refractivity contribution < 1.29 is 14.0 Å². The first kappa shape index (κ1) is 16.4. The van der Waals surface area contributed by atoms with E-state index in [1.807, 2.05) is 15.9 Å². The number of hydrogen-bond acceptors (Lipinski definition) is 2. The van der Waals surface area contributed by atoms with Crippen LogP contribution in [-0.4, -0.2) is 54.0 Å². The number of carbonyl (C=O) groups is 2. The number of piperidine rings is 1. The van der Waals surface area contributed by atoms with Crippen LogP contribution in [0.3, 0.4) is 0 Å². The van der Waals surface area contributed by atoms with Crippen LogP contribution in [0.5, 0.6) is 0 Å². The van der Waals surface area contributed by atoms with Gasteiger partial charge in [0.25, 0.3) is 0 Å². The minimum absolute atomic E-state index is 0.0139. The third-order valence-electron chi connectivity index (χ3n) is 6.08. The summed E-state index contributed by atoms with van der Waals surface area (Å²) in [6.07, 6.45) is 4.23. The topological polar surface area (TPSA) is 52.7 Å². The highest BCUT2D eigenvalue weighted by molar-refractivity contribution is 5.89. The second-order valence-electron chi connectivity index (χ2n) is 7.39. The molecule has 4 rings (SSSR count). The van der Waals surface area contributed by atoms with Gasteiger partial charge in [0, 0.05) is 32.2 Å². The highest BCUT2D eigenvalue weighted by Gasteiger charge is 2.48. The number of urea groups is 1. The van der Waals surface area contributed by atoms with Gasteiger partial charge in [-0.2, -0.15) is 0 Å². The molecular weight excluding hydrogens is 321 g/mol. The molecule has 1 aromatic rings. The summed E-state index contributed by atoms with van der Waals surface area (Å²) in [6.45, 7) is 2.81. The fourth-order valence-electron chi connectivity index (χ4n) is 4.46. The zero-order valence-electron chi connectivity index (χ0n) is 14.3. The van der Waals surface area contributed by atoms with E-state index in [-0.39, 0.29) is 23.8 Å².